The zero-order chi connectivity index (χ0) is 11.3. The molecule has 1 aromatic heterocycles. The third kappa shape index (κ3) is 3.87. The van der Waals surface area contributed by atoms with Crippen LogP contribution in [0.5, 0.6) is 0 Å². The SMILES string of the molecule is CCCn1cncc1CSC(C)C(C)O. The number of hydrogen-bond acceptors (Lipinski definition) is 3. The molecule has 0 aliphatic heterocycles. The van der Waals surface area contributed by atoms with Crippen molar-refractivity contribution in [2.45, 2.75) is 50.8 Å². The highest BCUT2D eigenvalue weighted by molar-refractivity contribution is 7.99. The van der Waals surface area contributed by atoms with Gasteiger partial charge in [-0.1, -0.05) is 13.8 Å². The third-order valence-electron chi connectivity index (χ3n) is 2.44. The molecule has 0 spiro atoms. The van der Waals surface area contributed by atoms with E-state index < -0.39 is 0 Å². The van der Waals surface area contributed by atoms with E-state index in [9.17, 15) is 5.11 Å². The maximum atomic E-state index is 9.38. The van der Waals surface area contributed by atoms with Crippen LogP contribution in [0.2, 0.25) is 0 Å². The van der Waals surface area contributed by atoms with Gasteiger partial charge in [0.1, 0.15) is 0 Å². The molecule has 3 nitrogen and oxygen atoms in total. The minimum atomic E-state index is -0.252. The molecule has 0 saturated carbocycles. The van der Waals surface area contributed by atoms with Crippen LogP contribution in [0, 0.1) is 0 Å². The second kappa shape index (κ2) is 6.18. The predicted octanol–water partition coefficient (Wildman–Crippen LogP) is 2.30. The Hall–Kier alpha value is -0.480. The van der Waals surface area contributed by atoms with Gasteiger partial charge in [0.15, 0.2) is 0 Å². The third-order valence-corrected chi connectivity index (χ3v) is 3.82. The van der Waals surface area contributed by atoms with Crippen LogP contribution in [0.1, 0.15) is 32.9 Å². The van der Waals surface area contributed by atoms with Crippen molar-refractivity contribution in [1.29, 1.82) is 0 Å². The molecule has 4 heteroatoms. The highest BCUT2D eigenvalue weighted by atomic mass is 32.2. The quantitative estimate of drug-likeness (QED) is 0.812. The van der Waals surface area contributed by atoms with Crippen molar-refractivity contribution in [3.05, 3.63) is 18.2 Å². The Morgan fingerprint density at radius 3 is 2.87 bits per heavy atom. The van der Waals surface area contributed by atoms with Crippen molar-refractivity contribution < 1.29 is 5.11 Å². The number of aliphatic hydroxyl groups is 1. The first-order valence-corrected chi connectivity index (χ1v) is 6.48. The van der Waals surface area contributed by atoms with E-state index in [0.29, 0.717) is 0 Å². The summed E-state index contributed by atoms with van der Waals surface area (Å²) in [7, 11) is 0. The Morgan fingerprint density at radius 1 is 1.53 bits per heavy atom. The van der Waals surface area contributed by atoms with Gasteiger partial charge in [-0.25, -0.2) is 4.98 Å². The second-order valence-electron chi connectivity index (χ2n) is 3.84. The Kier molecular flexibility index (Phi) is 5.19. The molecule has 1 heterocycles. The molecule has 2 atom stereocenters. The van der Waals surface area contributed by atoms with Crippen LogP contribution >= 0.6 is 11.8 Å². The van der Waals surface area contributed by atoms with Gasteiger partial charge in [-0.15, -0.1) is 11.8 Å². The molecule has 0 fully saturated rings. The van der Waals surface area contributed by atoms with Crippen molar-refractivity contribution in [2.24, 2.45) is 0 Å². The lowest BCUT2D eigenvalue weighted by Gasteiger charge is -2.14. The van der Waals surface area contributed by atoms with Crippen molar-refractivity contribution >= 4 is 11.8 Å². The summed E-state index contributed by atoms with van der Waals surface area (Å²) in [6.45, 7) is 7.07. The average Bonchev–Trinajstić information content (AvgIpc) is 2.62. The van der Waals surface area contributed by atoms with Crippen molar-refractivity contribution in [2.75, 3.05) is 0 Å². The van der Waals surface area contributed by atoms with E-state index >= 15 is 0 Å². The highest BCUT2D eigenvalue weighted by Gasteiger charge is 2.10. The Labute approximate surface area is 95.9 Å². The van der Waals surface area contributed by atoms with Gasteiger partial charge in [-0.05, 0) is 13.3 Å². The van der Waals surface area contributed by atoms with Gasteiger partial charge in [0.2, 0.25) is 0 Å². The van der Waals surface area contributed by atoms with Gasteiger partial charge in [-0.2, -0.15) is 0 Å². The molecule has 1 N–H and O–H groups in total. The van der Waals surface area contributed by atoms with E-state index in [-0.39, 0.29) is 11.4 Å². The predicted molar refractivity (Wildman–Crippen MR) is 65.0 cm³/mol. The summed E-state index contributed by atoms with van der Waals surface area (Å²) in [5.74, 6) is 0.923. The monoisotopic (exact) mass is 228 g/mol. The van der Waals surface area contributed by atoms with E-state index in [1.165, 1.54) is 5.69 Å². The summed E-state index contributed by atoms with van der Waals surface area (Å²) < 4.78 is 2.18. The zero-order valence-electron chi connectivity index (χ0n) is 9.68. The Morgan fingerprint density at radius 2 is 2.27 bits per heavy atom. The number of hydrogen-bond donors (Lipinski definition) is 1. The number of aromatic nitrogens is 2. The molecule has 0 saturated heterocycles. The lowest BCUT2D eigenvalue weighted by molar-refractivity contribution is 0.196. The molecule has 86 valence electrons. The molecular formula is C11H20N2OS. The second-order valence-corrected chi connectivity index (χ2v) is 5.20. The van der Waals surface area contributed by atoms with Crippen LogP contribution in [0.15, 0.2) is 12.5 Å². The molecule has 0 aliphatic carbocycles. The first-order chi connectivity index (χ1) is 7.15. The Bertz CT molecular complexity index is 286. The van der Waals surface area contributed by atoms with Crippen LogP contribution < -0.4 is 0 Å². The summed E-state index contributed by atoms with van der Waals surface area (Å²) in [5.41, 5.74) is 1.24. The van der Waals surface area contributed by atoms with Gasteiger partial charge in [0, 0.05) is 29.4 Å². The van der Waals surface area contributed by atoms with Crippen LogP contribution in [0.4, 0.5) is 0 Å². The molecule has 2 unspecified atom stereocenters. The van der Waals surface area contributed by atoms with Gasteiger partial charge in [0.25, 0.3) is 0 Å². The molecule has 1 rings (SSSR count). The molecule has 1 aromatic rings. The summed E-state index contributed by atoms with van der Waals surface area (Å²) in [6.07, 6.45) is 4.67. The van der Waals surface area contributed by atoms with E-state index in [2.05, 4.69) is 23.4 Å². The van der Waals surface area contributed by atoms with Crippen LogP contribution in [-0.4, -0.2) is 26.0 Å². The Balaban J connectivity index is 2.46. The molecule has 0 bridgehead atoms. The number of thioether (sulfide) groups is 1. The fourth-order valence-electron chi connectivity index (χ4n) is 1.27. The number of aryl methyl sites for hydroxylation is 1. The largest absolute Gasteiger partial charge is 0.392 e. The lowest BCUT2D eigenvalue weighted by Crippen LogP contribution is -2.15. The summed E-state index contributed by atoms with van der Waals surface area (Å²) in [4.78, 5) is 4.15. The highest BCUT2D eigenvalue weighted by Crippen LogP contribution is 2.19. The minimum absolute atomic E-state index is 0.252. The summed E-state index contributed by atoms with van der Waals surface area (Å²) in [5, 5.41) is 9.65. The van der Waals surface area contributed by atoms with Crippen LogP contribution in [-0.2, 0) is 12.3 Å². The van der Waals surface area contributed by atoms with Crippen molar-refractivity contribution in [3.63, 3.8) is 0 Å². The molecule has 15 heavy (non-hydrogen) atoms. The van der Waals surface area contributed by atoms with Crippen molar-refractivity contribution in [1.82, 2.24) is 9.55 Å². The van der Waals surface area contributed by atoms with Gasteiger partial charge >= 0.3 is 0 Å². The molecule has 0 amide bonds. The molecule has 0 aromatic carbocycles. The van der Waals surface area contributed by atoms with Crippen LogP contribution in [0.25, 0.3) is 0 Å². The van der Waals surface area contributed by atoms with Crippen LogP contribution in [0.3, 0.4) is 0 Å². The number of aliphatic hydroxyl groups excluding tert-OH is 1. The molecule has 0 radical (unpaired) electrons. The maximum Gasteiger partial charge on any atom is 0.0948 e. The number of rotatable bonds is 6. The minimum Gasteiger partial charge on any atom is -0.392 e. The zero-order valence-corrected chi connectivity index (χ0v) is 10.5. The van der Waals surface area contributed by atoms with E-state index in [1.54, 1.807) is 11.8 Å². The molecule has 0 aliphatic rings. The first-order valence-electron chi connectivity index (χ1n) is 5.43. The fourth-order valence-corrected chi connectivity index (χ4v) is 2.22. The summed E-state index contributed by atoms with van der Waals surface area (Å²) >= 11 is 1.77. The standard InChI is InChI=1S/C11H20N2OS/c1-4-5-13-8-12-6-11(13)7-15-10(3)9(2)14/h6,8-10,14H,4-5,7H2,1-3H3. The molecular weight excluding hydrogens is 208 g/mol. The normalized spacial score (nSPS) is 15.2. The van der Waals surface area contributed by atoms with E-state index in [1.807, 2.05) is 19.4 Å². The lowest BCUT2D eigenvalue weighted by atomic mass is 10.3. The first kappa shape index (κ1) is 12.6. The number of nitrogens with zero attached hydrogens (tertiary/aromatic N) is 2. The summed E-state index contributed by atoms with van der Waals surface area (Å²) in [6, 6.07) is 0. The fraction of sp³-hybridized carbons (Fsp3) is 0.727. The van der Waals surface area contributed by atoms with Gasteiger partial charge in [0.05, 0.1) is 12.4 Å². The van der Waals surface area contributed by atoms with Gasteiger partial charge < -0.3 is 9.67 Å². The average molecular weight is 228 g/mol. The number of imidazole rings is 1. The van der Waals surface area contributed by atoms with Gasteiger partial charge in [-0.3, -0.25) is 0 Å². The smallest absolute Gasteiger partial charge is 0.0948 e. The topological polar surface area (TPSA) is 38.0 Å². The van der Waals surface area contributed by atoms with E-state index in [4.69, 9.17) is 0 Å². The maximum absolute atomic E-state index is 9.38. The van der Waals surface area contributed by atoms with Crippen molar-refractivity contribution in [3.8, 4) is 0 Å². The van der Waals surface area contributed by atoms with E-state index in [0.717, 1.165) is 18.7 Å².